The van der Waals surface area contributed by atoms with Crippen molar-refractivity contribution in [3.8, 4) is 0 Å². The van der Waals surface area contributed by atoms with Gasteiger partial charge in [-0.2, -0.15) is 0 Å². The minimum absolute atomic E-state index is 0.0907. The monoisotopic (exact) mass is 634 g/mol. The predicted molar refractivity (Wildman–Crippen MR) is 181 cm³/mol. The highest BCUT2D eigenvalue weighted by Crippen LogP contribution is 2.27. The predicted octanol–water partition coefficient (Wildman–Crippen LogP) is 10.5. The minimum Gasteiger partial charge on any atom is -0.317 e. The molecule has 3 aromatic rings. The number of carbonyl (C=O) groups excluding carboxylic acids is 2. The lowest BCUT2D eigenvalue weighted by Gasteiger charge is -2.33. The largest absolute Gasteiger partial charge is 0.322 e. The van der Waals surface area contributed by atoms with Crippen LogP contribution in [0.5, 0.6) is 0 Å². The molecule has 2 saturated carbocycles. The van der Waals surface area contributed by atoms with Gasteiger partial charge in [-0.05, 0) is 85.3 Å². The highest BCUT2D eigenvalue weighted by atomic mass is 35.5. The fourth-order valence-electron chi connectivity index (χ4n) is 6.55. The van der Waals surface area contributed by atoms with Gasteiger partial charge in [0.05, 0.1) is 0 Å². The van der Waals surface area contributed by atoms with Crippen LogP contribution in [0.25, 0.3) is 0 Å². The molecule has 0 radical (unpaired) electrons. The van der Waals surface area contributed by atoms with Gasteiger partial charge in [-0.3, -0.25) is 0 Å². The first kappa shape index (κ1) is 32.2. The lowest BCUT2D eigenvalue weighted by Crippen LogP contribution is -2.42. The van der Waals surface area contributed by atoms with Crippen LogP contribution in [0, 0.1) is 0 Å². The molecule has 5 rings (SSSR count). The number of hydrogen-bond acceptors (Lipinski definition) is 2. The number of carbonyl (C=O) groups is 2. The van der Waals surface area contributed by atoms with Crippen LogP contribution in [-0.4, -0.2) is 33.9 Å². The molecule has 0 aliphatic heterocycles. The van der Waals surface area contributed by atoms with E-state index in [1.807, 2.05) is 34.1 Å². The van der Waals surface area contributed by atoms with Gasteiger partial charge in [0.2, 0.25) is 0 Å². The maximum Gasteiger partial charge on any atom is 0.322 e. The molecular weight excluding hydrogens is 591 g/mol. The van der Waals surface area contributed by atoms with Crippen molar-refractivity contribution >= 4 is 46.6 Å². The van der Waals surface area contributed by atoms with E-state index in [1.54, 1.807) is 24.3 Å². The van der Waals surface area contributed by atoms with Crippen molar-refractivity contribution in [3.05, 3.63) is 94.0 Å². The first-order valence-corrected chi connectivity index (χ1v) is 16.9. The molecule has 0 aromatic heterocycles. The minimum atomic E-state index is -0.0907. The van der Waals surface area contributed by atoms with E-state index in [0.29, 0.717) is 23.1 Å². The summed E-state index contributed by atoms with van der Waals surface area (Å²) >= 11 is 12.2. The third-order valence-corrected chi connectivity index (χ3v) is 9.44. The number of amides is 4. The Labute approximate surface area is 272 Å². The molecule has 2 aliphatic rings. The Bertz CT molecular complexity index is 1250. The van der Waals surface area contributed by atoms with Gasteiger partial charge in [0.1, 0.15) is 0 Å². The van der Waals surface area contributed by atoms with Crippen molar-refractivity contribution in [2.24, 2.45) is 0 Å². The molecule has 2 fully saturated rings. The van der Waals surface area contributed by atoms with Gasteiger partial charge in [-0.1, -0.05) is 98.8 Å². The maximum absolute atomic E-state index is 13.7. The van der Waals surface area contributed by atoms with E-state index >= 15 is 0 Å². The van der Waals surface area contributed by atoms with Gasteiger partial charge in [0.15, 0.2) is 0 Å². The molecule has 8 heteroatoms. The lowest BCUT2D eigenvalue weighted by atomic mass is 10.0. The third kappa shape index (κ3) is 9.39. The van der Waals surface area contributed by atoms with E-state index in [1.165, 1.54) is 25.7 Å². The molecular formula is C36H44Cl2N4O2. The Morgan fingerprint density at radius 3 is 1.30 bits per heavy atom. The molecule has 234 valence electrons. The first-order valence-electron chi connectivity index (χ1n) is 16.2. The zero-order chi connectivity index (χ0) is 30.7. The summed E-state index contributed by atoms with van der Waals surface area (Å²) in [6.45, 7) is 1.02. The fraction of sp³-hybridized carbons (Fsp3) is 0.444. The summed E-state index contributed by atoms with van der Waals surface area (Å²) in [7, 11) is 0. The van der Waals surface area contributed by atoms with Crippen LogP contribution < -0.4 is 10.6 Å². The van der Waals surface area contributed by atoms with Crippen molar-refractivity contribution in [1.29, 1.82) is 0 Å². The van der Waals surface area contributed by atoms with Crippen molar-refractivity contribution in [1.82, 2.24) is 9.80 Å². The second-order valence-corrected chi connectivity index (χ2v) is 13.1. The third-order valence-electron chi connectivity index (χ3n) is 8.94. The van der Waals surface area contributed by atoms with Gasteiger partial charge in [0.25, 0.3) is 0 Å². The molecule has 3 aromatic carbocycles. The van der Waals surface area contributed by atoms with Gasteiger partial charge in [-0.25, -0.2) is 9.59 Å². The molecule has 0 bridgehead atoms. The summed E-state index contributed by atoms with van der Waals surface area (Å²) in [6, 6.07) is 23.1. The van der Waals surface area contributed by atoms with Crippen molar-refractivity contribution in [2.45, 2.75) is 102 Å². The van der Waals surface area contributed by atoms with E-state index in [4.69, 9.17) is 23.2 Å². The zero-order valence-electron chi connectivity index (χ0n) is 25.4. The molecule has 2 aliphatic carbocycles. The molecule has 4 amide bonds. The van der Waals surface area contributed by atoms with Crippen LogP contribution in [0.2, 0.25) is 10.0 Å². The van der Waals surface area contributed by atoms with E-state index in [9.17, 15) is 9.59 Å². The summed E-state index contributed by atoms with van der Waals surface area (Å²) in [5.74, 6) is 0. The SMILES string of the molecule is O=C(Nc1ccc(Cl)cc1)N(Cc1cccc(CN(C(=O)Nc2ccc(Cl)cc2)C2CCCCCC2)c1)C1CCCCCC1. The summed E-state index contributed by atoms with van der Waals surface area (Å²) in [6.07, 6.45) is 13.4. The molecule has 0 spiro atoms. The number of halogens is 2. The Morgan fingerprint density at radius 2 is 0.932 bits per heavy atom. The van der Waals surface area contributed by atoms with E-state index < -0.39 is 0 Å². The van der Waals surface area contributed by atoms with Gasteiger partial charge in [-0.15, -0.1) is 0 Å². The molecule has 44 heavy (non-hydrogen) atoms. The van der Waals surface area contributed by atoms with Gasteiger partial charge in [0, 0.05) is 46.6 Å². The van der Waals surface area contributed by atoms with Crippen molar-refractivity contribution < 1.29 is 9.59 Å². The van der Waals surface area contributed by atoms with Crippen LogP contribution >= 0.6 is 23.2 Å². The number of benzene rings is 3. The highest BCUT2D eigenvalue weighted by molar-refractivity contribution is 6.31. The lowest BCUT2D eigenvalue weighted by molar-refractivity contribution is 0.174. The Morgan fingerprint density at radius 1 is 0.568 bits per heavy atom. The summed E-state index contributed by atoms with van der Waals surface area (Å²) < 4.78 is 0. The van der Waals surface area contributed by atoms with Crippen LogP contribution in [0.15, 0.2) is 72.8 Å². The summed E-state index contributed by atoms with van der Waals surface area (Å²) in [5, 5.41) is 7.48. The zero-order valence-corrected chi connectivity index (χ0v) is 27.0. The molecule has 0 atom stereocenters. The number of anilines is 2. The number of nitrogens with one attached hydrogen (secondary N) is 2. The number of urea groups is 2. The number of nitrogens with zero attached hydrogens (tertiary/aromatic N) is 2. The van der Waals surface area contributed by atoms with Crippen LogP contribution in [0.4, 0.5) is 21.0 Å². The quantitative estimate of drug-likeness (QED) is 0.242. The first-order chi connectivity index (χ1) is 21.4. The number of hydrogen-bond donors (Lipinski definition) is 2. The highest BCUT2D eigenvalue weighted by Gasteiger charge is 2.27. The molecule has 6 nitrogen and oxygen atoms in total. The Kier molecular flexibility index (Phi) is 11.8. The van der Waals surface area contributed by atoms with Gasteiger partial charge >= 0.3 is 12.1 Å². The van der Waals surface area contributed by atoms with E-state index in [0.717, 1.165) is 73.9 Å². The van der Waals surface area contributed by atoms with E-state index in [2.05, 4.69) is 34.9 Å². The normalized spacial score (nSPS) is 16.4. The van der Waals surface area contributed by atoms with Crippen LogP contribution in [-0.2, 0) is 13.1 Å². The molecule has 0 heterocycles. The average molecular weight is 636 g/mol. The van der Waals surface area contributed by atoms with E-state index in [-0.39, 0.29) is 24.1 Å². The Hall–Kier alpha value is -3.22. The molecule has 0 unspecified atom stereocenters. The second-order valence-electron chi connectivity index (χ2n) is 12.2. The van der Waals surface area contributed by atoms with Crippen LogP contribution in [0.1, 0.15) is 88.2 Å². The van der Waals surface area contributed by atoms with Crippen molar-refractivity contribution in [3.63, 3.8) is 0 Å². The fourth-order valence-corrected chi connectivity index (χ4v) is 6.80. The second kappa shape index (κ2) is 16.2. The number of rotatable bonds is 8. The summed E-state index contributed by atoms with van der Waals surface area (Å²) in [4.78, 5) is 31.4. The smallest absolute Gasteiger partial charge is 0.317 e. The Balaban J connectivity index is 1.35. The van der Waals surface area contributed by atoms with Crippen LogP contribution in [0.3, 0.4) is 0 Å². The molecule has 0 saturated heterocycles. The molecule has 2 N–H and O–H groups in total. The summed E-state index contributed by atoms with van der Waals surface area (Å²) in [5.41, 5.74) is 3.60. The average Bonchev–Trinajstić information content (AvgIpc) is 3.47. The maximum atomic E-state index is 13.7. The van der Waals surface area contributed by atoms with Crippen molar-refractivity contribution in [2.75, 3.05) is 10.6 Å². The standard InChI is InChI=1S/C36H44Cl2N4O2/c37-29-16-20-31(21-17-29)39-35(43)41(33-12-5-1-2-6-13-33)25-27-10-9-11-28(24-27)26-42(34-14-7-3-4-8-15-34)36(44)40-32-22-18-30(38)19-23-32/h9-11,16-24,33-34H,1-8,12-15,25-26H2,(H,39,43)(H,40,44). The van der Waals surface area contributed by atoms with Gasteiger partial charge < -0.3 is 20.4 Å². The topological polar surface area (TPSA) is 64.7 Å².